The van der Waals surface area contributed by atoms with E-state index in [2.05, 4.69) is 41.5 Å². The zero-order chi connectivity index (χ0) is 62.2. The summed E-state index contributed by atoms with van der Waals surface area (Å²) >= 11 is 0. The van der Waals surface area contributed by atoms with Gasteiger partial charge >= 0.3 is 39.5 Å². The first-order valence-corrected chi connectivity index (χ1v) is 37.0. The van der Waals surface area contributed by atoms with E-state index >= 15 is 0 Å². The van der Waals surface area contributed by atoms with Crippen LogP contribution in [0.2, 0.25) is 0 Å². The molecule has 0 aromatic heterocycles. The van der Waals surface area contributed by atoms with Crippen LogP contribution in [0.4, 0.5) is 0 Å². The van der Waals surface area contributed by atoms with Gasteiger partial charge in [0.2, 0.25) is 0 Å². The predicted molar refractivity (Wildman–Crippen MR) is 335 cm³/mol. The molecule has 2 unspecified atom stereocenters. The summed E-state index contributed by atoms with van der Waals surface area (Å²) in [6.07, 6.45) is 40.7. The van der Waals surface area contributed by atoms with E-state index in [1.807, 2.05) is 0 Å². The second-order valence-corrected chi connectivity index (χ2v) is 27.4. The van der Waals surface area contributed by atoms with Crippen molar-refractivity contribution in [1.29, 1.82) is 0 Å². The van der Waals surface area contributed by atoms with Gasteiger partial charge in [-0.3, -0.25) is 37.3 Å². The lowest BCUT2D eigenvalue weighted by molar-refractivity contribution is -0.161. The molecule has 84 heavy (non-hydrogen) atoms. The first-order valence-electron chi connectivity index (χ1n) is 34.0. The van der Waals surface area contributed by atoms with Crippen LogP contribution in [0.1, 0.15) is 324 Å². The Hall–Kier alpha value is -1.94. The number of phosphoric acid groups is 2. The lowest BCUT2D eigenvalue weighted by Gasteiger charge is -2.21. The number of unbranched alkanes of at least 4 members (excludes halogenated alkanes) is 34. The molecule has 0 fully saturated rings. The van der Waals surface area contributed by atoms with Crippen molar-refractivity contribution in [3.05, 3.63) is 0 Å². The molecule has 0 amide bonds. The van der Waals surface area contributed by atoms with Crippen molar-refractivity contribution in [2.24, 2.45) is 11.8 Å². The monoisotopic (exact) mass is 1240 g/mol. The van der Waals surface area contributed by atoms with Crippen LogP contribution in [0.15, 0.2) is 0 Å². The minimum atomic E-state index is -4.94. The molecule has 0 aliphatic carbocycles. The maximum Gasteiger partial charge on any atom is 0.472 e. The topological polar surface area (TPSA) is 237 Å². The summed E-state index contributed by atoms with van der Waals surface area (Å²) in [5.41, 5.74) is 0. The van der Waals surface area contributed by atoms with Crippen LogP contribution in [0, 0.1) is 11.8 Å². The number of rotatable bonds is 64. The van der Waals surface area contributed by atoms with Gasteiger partial charge in [0, 0.05) is 25.7 Å². The first-order chi connectivity index (χ1) is 40.4. The number of ether oxygens (including phenoxy) is 4. The van der Waals surface area contributed by atoms with Gasteiger partial charge < -0.3 is 33.8 Å². The molecule has 3 N–H and O–H groups in total. The van der Waals surface area contributed by atoms with Gasteiger partial charge in [-0.05, 0) is 37.5 Å². The molecule has 0 aromatic carbocycles. The van der Waals surface area contributed by atoms with Crippen LogP contribution in [0.25, 0.3) is 0 Å². The molecule has 0 spiro atoms. The summed E-state index contributed by atoms with van der Waals surface area (Å²) in [5, 5.41) is 10.5. The van der Waals surface area contributed by atoms with E-state index < -0.39 is 97.5 Å². The Balaban J connectivity index is 5.14. The van der Waals surface area contributed by atoms with Gasteiger partial charge in [0.25, 0.3) is 0 Å². The molecule has 498 valence electrons. The van der Waals surface area contributed by atoms with Crippen LogP contribution in [-0.2, 0) is 65.4 Å². The highest BCUT2D eigenvalue weighted by Crippen LogP contribution is 2.45. The van der Waals surface area contributed by atoms with E-state index in [0.717, 1.165) is 108 Å². The van der Waals surface area contributed by atoms with Gasteiger partial charge in [0.15, 0.2) is 12.2 Å². The zero-order valence-electron chi connectivity index (χ0n) is 54.2. The Kier molecular flexibility index (Phi) is 56.2. The summed E-state index contributed by atoms with van der Waals surface area (Å²) in [4.78, 5) is 72.0. The molecule has 0 heterocycles. The second-order valence-electron chi connectivity index (χ2n) is 24.5. The Morgan fingerprint density at radius 1 is 0.321 bits per heavy atom. The lowest BCUT2D eigenvalue weighted by atomic mass is 10.0. The fourth-order valence-electron chi connectivity index (χ4n) is 9.71. The second kappa shape index (κ2) is 57.5. The third-order valence-electron chi connectivity index (χ3n) is 15.0. The first kappa shape index (κ1) is 82.1. The van der Waals surface area contributed by atoms with Crippen molar-refractivity contribution in [2.75, 3.05) is 39.6 Å². The zero-order valence-corrected chi connectivity index (χ0v) is 56.0. The highest BCUT2D eigenvalue weighted by Gasteiger charge is 2.30. The van der Waals surface area contributed by atoms with E-state index in [4.69, 9.17) is 37.0 Å². The summed E-state index contributed by atoms with van der Waals surface area (Å²) in [5.74, 6) is -0.615. The number of carbonyl (C=O) groups excluding carboxylic acids is 4. The Morgan fingerprint density at radius 3 is 0.810 bits per heavy atom. The number of hydrogen-bond donors (Lipinski definition) is 3. The van der Waals surface area contributed by atoms with E-state index in [1.165, 1.54) is 135 Å². The van der Waals surface area contributed by atoms with Crippen LogP contribution in [0.3, 0.4) is 0 Å². The Bertz CT molecular complexity index is 1650. The maximum atomic E-state index is 13.0. The van der Waals surface area contributed by atoms with Crippen molar-refractivity contribution >= 4 is 39.5 Å². The molecule has 0 aliphatic heterocycles. The quantitative estimate of drug-likeness (QED) is 0.0222. The van der Waals surface area contributed by atoms with Gasteiger partial charge in [-0.25, -0.2) is 9.13 Å². The van der Waals surface area contributed by atoms with Crippen molar-refractivity contribution in [1.82, 2.24) is 0 Å². The maximum absolute atomic E-state index is 13.0. The lowest BCUT2D eigenvalue weighted by Crippen LogP contribution is -2.30. The molecule has 5 atom stereocenters. The third-order valence-corrected chi connectivity index (χ3v) is 16.9. The molecule has 0 rings (SSSR count). The Morgan fingerprint density at radius 2 is 0.548 bits per heavy atom. The summed E-state index contributed by atoms with van der Waals surface area (Å²) in [6.45, 7) is 9.40. The predicted octanol–water partition coefficient (Wildman–Crippen LogP) is 18.0. The standard InChI is InChI=1S/C65H126O17P2/c1-7-9-11-13-14-15-24-31-37-43-49-64(69)81-60(53-75-62(67)47-41-33-12-10-8-2)55-79-83(71,72)77-51-59(66)52-78-84(73,74)80-56-61(54-76-63(68)48-42-36-30-27-26-29-35-40-46-58(5)6)82-65(70)50-44-38-32-25-22-20-18-16-17-19-21-23-28-34-39-45-57(3)4/h57-61,66H,7-56H2,1-6H3,(H,71,72)(H,73,74)/t59-,60+,61+/m0/s1. The molecule has 0 saturated heterocycles. The minimum Gasteiger partial charge on any atom is -0.462 e. The molecule has 17 nitrogen and oxygen atoms in total. The van der Waals surface area contributed by atoms with Gasteiger partial charge in [0.05, 0.1) is 26.4 Å². The van der Waals surface area contributed by atoms with E-state index in [0.29, 0.717) is 25.7 Å². The molecule has 0 aromatic rings. The van der Waals surface area contributed by atoms with E-state index in [-0.39, 0.29) is 25.7 Å². The molecule has 0 saturated carbocycles. The SMILES string of the molecule is CCCCCCCCCCCCC(=O)O[C@H](COC(=O)CCCCCCC)COP(=O)(O)OC[C@H](O)COP(=O)(O)OC[C@@H](COC(=O)CCCCCCCCCCC(C)C)OC(=O)CCCCCCCCCCCCCCCCCC(C)C. The van der Waals surface area contributed by atoms with Crippen LogP contribution >= 0.6 is 15.6 Å². The third kappa shape index (κ3) is 59.0. The summed E-state index contributed by atoms with van der Waals surface area (Å²) in [7, 11) is -9.88. The molecular weight excluding hydrogens is 1110 g/mol. The van der Waals surface area contributed by atoms with E-state index in [1.54, 1.807) is 0 Å². The number of aliphatic hydroxyl groups is 1. The molecule has 0 aliphatic rings. The average Bonchev–Trinajstić information content (AvgIpc) is 3.46. The number of phosphoric ester groups is 2. The highest BCUT2D eigenvalue weighted by atomic mass is 31.2. The summed E-state index contributed by atoms with van der Waals surface area (Å²) in [6, 6.07) is 0. The van der Waals surface area contributed by atoms with Crippen LogP contribution in [0.5, 0.6) is 0 Å². The number of carbonyl (C=O) groups is 4. The highest BCUT2D eigenvalue weighted by molar-refractivity contribution is 7.47. The number of aliphatic hydroxyl groups excluding tert-OH is 1. The summed E-state index contributed by atoms with van der Waals surface area (Å²) < 4.78 is 67.8. The fraction of sp³-hybridized carbons (Fsp3) is 0.938. The van der Waals surface area contributed by atoms with Crippen molar-refractivity contribution < 1.29 is 80.2 Å². The molecule has 0 radical (unpaired) electrons. The van der Waals surface area contributed by atoms with Gasteiger partial charge in [-0.2, -0.15) is 0 Å². The van der Waals surface area contributed by atoms with Gasteiger partial charge in [0.1, 0.15) is 19.3 Å². The van der Waals surface area contributed by atoms with Crippen molar-refractivity contribution in [2.45, 2.75) is 342 Å². The molecular formula is C65H126O17P2. The van der Waals surface area contributed by atoms with Crippen molar-refractivity contribution in [3.8, 4) is 0 Å². The van der Waals surface area contributed by atoms with Crippen LogP contribution in [-0.4, -0.2) is 96.7 Å². The number of hydrogen-bond acceptors (Lipinski definition) is 15. The molecule has 19 heteroatoms. The average molecular weight is 1240 g/mol. The van der Waals surface area contributed by atoms with Gasteiger partial charge in [-0.1, -0.05) is 273 Å². The van der Waals surface area contributed by atoms with E-state index in [9.17, 15) is 43.2 Å². The smallest absolute Gasteiger partial charge is 0.462 e. The minimum absolute atomic E-state index is 0.105. The normalized spacial score (nSPS) is 14.3. The van der Waals surface area contributed by atoms with Gasteiger partial charge in [-0.15, -0.1) is 0 Å². The van der Waals surface area contributed by atoms with Crippen LogP contribution < -0.4 is 0 Å². The number of esters is 4. The largest absolute Gasteiger partial charge is 0.472 e. The molecule has 0 bridgehead atoms. The van der Waals surface area contributed by atoms with Crippen molar-refractivity contribution in [3.63, 3.8) is 0 Å². The Labute approximate surface area is 511 Å². The fourth-order valence-corrected chi connectivity index (χ4v) is 11.3.